The molecule has 0 aliphatic carbocycles. The van der Waals surface area contributed by atoms with Crippen molar-refractivity contribution in [3.63, 3.8) is 0 Å². The van der Waals surface area contributed by atoms with Gasteiger partial charge < -0.3 is 9.88 Å². The highest BCUT2D eigenvalue weighted by Crippen LogP contribution is 1.83. The summed E-state index contributed by atoms with van der Waals surface area (Å²) in [5.74, 6) is 0. The van der Waals surface area contributed by atoms with Gasteiger partial charge in [0.2, 0.25) is 0 Å². The normalized spacial score (nSPS) is 10.5. The van der Waals surface area contributed by atoms with E-state index in [0.717, 1.165) is 25.9 Å². The standard InChI is InChI=1S/C10H17N3O2/c1-2-5-11-6-3-7-13-8-4-9(14)12-10(13)15/h4,8,11H,2-3,5-7H2,1H3,(H,12,14,15). The van der Waals surface area contributed by atoms with Gasteiger partial charge in [0.25, 0.3) is 5.56 Å². The van der Waals surface area contributed by atoms with Crippen LogP contribution in [0, 0.1) is 0 Å². The zero-order valence-corrected chi connectivity index (χ0v) is 8.95. The fourth-order valence-electron chi connectivity index (χ4n) is 1.30. The molecule has 1 rings (SSSR count). The first-order valence-corrected chi connectivity index (χ1v) is 5.24. The highest BCUT2D eigenvalue weighted by atomic mass is 16.2. The lowest BCUT2D eigenvalue weighted by Gasteiger charge is -2.04. The number of aryl methyl sites for hydroxylation is 1. The molecule has 0 amide bonds. The van der Waals surface area contributed by atoms with Gasteiger partial charge in [0.1, 0.15) is 0 Å². The fraction of sp³-hybridized carbons (Fsp3) is 0.600. The van der Waals surface area contributed by atoms with Crippen molar-refractivity contribution in [2.75, 3.05) is 13.1 Å². The molecule has 0 aliphatic rings. The Morgan fingerprint density at radius 2 is 2.20 bits per heavy atom. The maximum Gasteiger partial charge on any atom is 0.328 e. The van der Waals surface area contributed by atoms with Crippen molar-refractivity contribution < 1.29 is 0 Å². The third-order valence-electron chi connectivity index (χ3n) is 2.08. The van der Waals surface area contributed by atoms with E-state index in [1.807, 2.05) is 0 Å². The van der Waals surface area contributed by atoms with E-state index in [1.54, 1.807) is 0 Å². The second kappa shape index (κ2) is 6.19. The minimum absolute atomic E-state index is 0.335. The topological polar surface area (TPSA) is 66.9 Å². The summed E-state index contributed by atoms with van der Waals surface area (Å²) < 4.78 is 1.51. The van der Waals surface area contributed by atoms with Crippen molar-refractivity contribution in [3.8, 4) is 0 Å². The molecule has 1 heterocycles. The van der Waals surface area contributed by atoms with Crippen LogP contribution in [0.15, 0.2) is 21.9 Å². The molecule has 0 saturated heterocycles. The summed E-state index contributed by atoms with van der Waals surface area (Å²) in [6, 6.07) is 1.36. The van der Waals surface area contributed by atoms with Gasteiger partial charge in [0.05, 0.1) is 0 Å². The first-order valence-electron chi connectivity index (χ1n) is 5.24. The average molecular weight is 211 g/mol. The van der Waals surface area contributed by atoms with Gasteiger partial charge in [-0.15, -0.1) is 0 Å². The average Bonchev–Trinajstić information content (AvgIpc) is 2.20. The molecular formula is C10H17N3O2. The van der Waals surface area contributed by atoms with E-state index >= 15 is 0 Å². The summed E-state index contributed by atoms with van der Waals surface area (Å²) in [5.41, 5.74) is -0.682. The third-order valence-corrected chi connectivity index (χ3v) is 2.08. The molecule has 15 heavy (non-hydrogen) atoms. The molecular weight excluding hydrogens is 194 g/mol. The second-order valence-electron chi connectivity index (χ2n) is 3.41. The Morgan fingerprint density at radius 1 is 1.40 bits per heavy atom. The first kappa shape index (κ1) is 11.7. The summed E-state index contributed by atoms with van der Waals surface area (Å²) in [5, 5.41) is 3.25. The SMILES string of the molecule is CCCNCCCn1ccc(=O)[nH]c1=O. The minimum Gasteiger partial charge on any atom is -0.317 e. The van der Waals surface area contributed by atoms with E-state index in [0.29, 0.717) is 6.54 Å². The highest BCUT2D eigenvalue weighted by molar-refractivity contribution is 4.82. The fourth-order valence-corrected chi connectivity index (χ4v) is 1.30. The molecule has 0 atom stereocenters. The molecule has 2 N–H and O–H groups in total. The highest BCUT2D eigenvalue weighted by Gasteiger charge is 1.95. The molecule has 0 saturated carbocycles. The molecule has 0 fully saturated rings. The van der Waals surface area contributed by atoms with E-state index in [9.17, 15) is 9.59 Å². The Morgan fingerprint density at radius 3 is 2.87 bits per heavy atom. The van der Waals surface area contributed by atoms with E-state index in [4.69, 9.17) is 0 Å². The Hall–Kier alpha value is -1.36. The number of hydrogen-bond donors (Lipinski definition) is 2. The first-order chi connectivity index (χ1) is 7.24. The van der Waals surface area contributed by atoms with Gasteiger partial charge in [-0.1, -0.05) is 6.92 Å². The summed E-state index contributed by atoms with van der Waals surface area (Å²) in [6.07, 6.45) is 3.52. The Balaban J connectivity index is 2.38. The van der Waals surface area contributed by atoms with Crippen molar-refractivity contribution in [3.05, 3.63) is 33.1 Å². The summed E-state index contributed by atoms with van der Waals surface area (Å²) >= 11 is 0. The number of rotatable bonds is 6. The molecule has 0 radical (unpaired) electrons. The van der Waals surface area contributed by atoms with Gasteiger partial charge in [-0.3, -0.25) is 9.78 Å². The van der Waals surface area contributed by atoms with Crippen molar-refractivity contribution in [1.82, 2.24) is 14.9 Å². The third kappa shape index (κ3) is 4.12. The molecule has 1 aromatic heterocycles. The van der Waals surface area contributed by atoms with E-state index < -0.39 is 0 Å². The van der Waals surface area contributed by atoms with Crippen LogP contribution < -0.4 is 16.6 Å². The molecule has 0 unspecified atom stereocenters. The maximum atomic E-state index is 11.2. The lowest BCUT2D eigenvalue weighted by Crippen LogP contribution is -2.29. The van der Waals surface area contributed by atoms with E-state index in [1.165, 1.54) is 16.8 Å². The quantitative estimate of drug-likeness (QED) is 0.647. The molecule has 1 aromatic rings. The molecule has 5 heteroatoms. The predicted molar refractivity (Wildman–Crippen MR) is 59.1 cm³/mol. The summed E-state index contributed by atoms with van der Waals surface area (Å²) in [7, 11) is 0. The number of nitrogens with one attached hydrogen (secondary N) is 2. The van der Waals surface area contributed by atoms with Crippen molar-refractivity contribution in [2.45, 2.75) is 26.3 Å². The second-order valence-corrected chi connectivity index (χ2v) is 3.41. The summed E-state index contributed by atoms with van der Waals surface area (Å²) in [4.78, 5) is 24.2. The molecule has 0 bridgehead atoms. The van der Waals surface area contributed by atoms with Crippen molar-refractivity contribution in [2.24, 2.45) is 0 Å². The largest absolute Gasteiger partial charge is 0.328 e. The van der Waals surface area contributed by atoms with E-state index in [-0.39, 0.29) is 11.2 Å². The number of aromatic amines is 1. The van der Waals surface area contributed by atoms with E-state index in [2.05, 4.69) is 17.2 Å². The lowest BCUT2D eigenvalue weighted by atomic mass is 10.4. The van der Waals surface area contributed by atoms with Gasteiger partial charge in [-0.2, -0.15) is 0 Å². The molecule has 5 nitrogen and oxygen atoms in total. The minimum atomic E-state index is -0.347. The van der Waals surface area contributed by atoms with Gasteiger partial charge in [-0.25, -0.2) is 4.79 Å². The van der Waals surface area contributed by atoms with Crippen molar-refractivity contribution >= 4 is 0 Å². The van der Waals surface area contributed by atoms with Gasteiger partial charge in [0.15, 0.2) is 0 Å². The van der Waals surface area contributed by atoms with Crippen LogP contribution in [0.5, 0.6) is 0 Å². The molecule has 0 spiro atoms. The summed E-state index contributed by atoms with van der Waals surface area (Å²) in [6.45, 7) is 4.63. The zero-order chi connectivity index (χ0) is 11.1. The van der Waals surface area contributed by atoms with Crippen molar-refractivity contribution in [1.29, 1.82) is 0 Å². The van der Waals surface area contributed by atoms with Crippen LogP contribution in [-0.2, 0) is 6.54 Å². The Bertz CT molecular complexity index is 394. The van der Waals surface area contributed by atoms with Gasteiger partial charge >= 0.3 is 5.69 Å². The molecule has 84 valence electrons. The molecule has 0 aliphatic heterocycles. The van der Waals surface area contributed by atoms with Crippen LogP contribution in [0.4, 0.5) is 0 Å². The zero-order valence-electron chi connectivity index (χ0n) is 8.95. The Labute approximate surface area is 88.1 Å². The lowest BCUT2D eigenvalue weighted by molar-refractivity contribution is 0.559. The van der Waals surface area contributed by atoms with Gasteiger partial charge in [0, 0.05) is 18.8 Å². The Kier molecular flexibility index (Phi) is 4.83. The van der Waals surface area contributed by atoms with Crippen LogP contribution >= 0.6 is 0 Å². The van der Waals surface area contributed by atoms with Crippen LogP contribution in [0.25, 0.3) is 0 Å². The van der Waals surface area contributed by atoms with Crippen LogP contribution in [0.1, 0.15) is 19.8 Å². The van der Waals surface area contributed by atoms with Crippen LogP contribution in [0.2, 0.25) is 0 Å². The monoisotopic (exact) mass is 211 g/mol. The maximum absolute atomic E-state index is 11.2. The predicted octanol–water partition coefficient (Wildman–Crippen LogP) is -0.0737. The van der Waals surface area contributed by atoms with Gasteiger partial charge in [-0.05, 0) is 25.9 Å². The van der Waals surface area contributed by atoms with Crippen LogP contribution in [0.3, 0.4) is 0 Å². The number of H-pyrrole nitrogens is 1. The smallest absolute Gasteiger partial charge is 0.317 e. The number of hydrogen-bond acceptors (Lipinski definition) is 3. The number of aromatic nitrogens is 2. The molecule has 0 aromatic carbocycles. The number of nitrogens with zero attached hydrogens (tertiary/aromatic N) is 1. The van der Waals surface area contributed by atoms with Crippen LogP contribution in [-0.4, -0.2) is 22.6 Å².